The molecule has 27 heavy (non-hydrogen) atoms. The molecule has 4 bridgehead atoms. The van der Waals surface area contributed by atoms with Crippen LogP contribution in [-0.2, 0) is 19.1 Å². The molecule has 0 aromatic rings. The Morgan fingerprint density at radius 1 is 0.852 bits per heavy atom. The SMILES string of the molecule is CCOC(=O)CCC(=O)N1CCN(C(=O)C23CC4CC(CC(C4)C2)C3)CC1. The lowest BCUT2D eigenvalue weighted by atomic mass is 9.49. The van der Waals surface area contributed by atoms with Gasteiger partial charge >= 0.3 is 5.97 Å². The van der Waals surface area contributed by atoms with Gasteiger partial charge in [0.15, 0.2) is 0 Å². The van der Waals surface area contributed by atoms with E-state index in [1.54, 1.807) is 11.8 Å². The third kappa shape index (κ3) is 3.72. The molecule has 4 aliphatic carbocycles. The summed E-state index contributed by atoms with van der Waals surface area (Å²) < 4.78 is 4.88. The molecule has 1 heterocycles. The third-order valence-corrected chi connectivity index (χ3v) is 7.26. The van der Waals surface area contributed by atoms with Crippen molar-refractivity contribution in [2.45, 2.75) is 58.3 Å². The van der Waals surface area contributed by atoms with Crippen LogP contribution in [0.15, 0.2) is 0 Å². The zero-order valence-corrected chi connectivity index (χ0v) is 16.5. The van der Waals surface area contributed by atoms with Gasteiger partial charge in [0.2, 0.25) is 11.8 Å². The van der Waals surface area contributed by atoms with Crippen molar-refractivity contribution in [3.63, 3.8) is 0 Å². The molecule has 1 aliphatic heterocycles. The van der Waals surface area contributed by atoms with Gasteiger partial charge < -0.3 is 14.5 Å². The molecule has 0 N–H and O–H groups in total. The zero-order valence-electron chi connectivity index (χ0n) is 16.5. The Hall–Kier alpha value is -1.59. The van der Waals surface area contributed by atoms with Crippen LogP contribution < -0.4 is 0 Å². The zero-order chi connectivity index (χ0) is 19.0. The molecule has 1 saturated heterocycles. The summed E-state index contributed by atoms with van der Waals surface area (Å²) in [4.78, 5) is 40.9. The summed E-state index contributed by atoms with van der Waals surface area (Å²) in [6.45, 7) is 4.54. The van der Waals surface area contributed by atoms with E-state index >= 15 is 0 Å². The number of piperazine rings is 1. The summed E-state index contributed by atoms with van der Waals surface area (Å²) in [5, 5.41) is 0. The van der Waals surface area contributed by atoms with E-state index in [0.29, 0.717) is 38.7 Å². The molecule has 5 rings (SSSR count). The van der Waals surface area contributed by atoms with Gasteiger partial charge in [-0.1, -0.05) is 0 Å². The Morgan fingerprint density at radius 2 is 1.37 bits per heavy atom. The van der Waals surface area contributed by atoms with Crippen LogP contribution in [0.2, 0.25) is 0 Å². The lowest BCUT2D eigenvalue weighted by Crippen LogP contribution is -2.58. The molecule has 0 atom stereocenters. The predicted octanol–water partition coefficient (Wildman–Crippen LogP) is 2.22. The number of esters is 1. The Morgan fingerprint density at radius 3 is 1.89 bits per heavy atom. The number of hydrogen-bond donors (Lipinski definition) is 0. The van der Waals surface area contributed by atoms with Crippen molar-refractivity contribution in [2.75, 3.05) is 32.8 Å². The maximum Gasteiger partial charge on any atom is 0.306 e. The number of hydrogen-bond acceptors (Lipinski definition) is 4. The van der Waals surface area contributed by atoms with Gasteiger partial charge in [0, 0.05) is 32.6 Å². The van der Waals surface area contributed by atoms with Crippen LogP contribution in [-0.4, -0.2) is 60.4 Å². The van der Waals surface area contributed by atoms with Gasteiger partial charge in [-0.15, -0.1) is 0 Å². The summed E-state index contributed by atoms with van der Waals surface area (Å²) in [5.41, 5.74) is -0.0924. The fourth-order valence-electron chi connectivity index (χ4n) is 6.47. The summed E-state index contributed by atoms with van der Waals surface area (Å²) in [7, 11) is 0. The quantitative estimate of drug-likeness (QED) is 0.690. The van der Waals surface area contributed by atoms with Crippen LogP contribution in [0.4, 0.5) is 0 Å². The van der Waals surface area contributed by atoms with Crippen LogP contribution in [0.1, 0.15) is 58.3 Å². The van der Waals surface area contributed by atoms with Gasteiger partial charge in [-0.2, -0.15) is 0 Å². The highest BCUT2D eigenvalue weighted by molar-refractivity contribution is 5.84. The van der Waals surface area contributed by atoms with Crippen LogP contribution in [0.5, 0.6) is 0 Å². The first-order valence-electron chi connectivity index (χ1n) is 10.7. The molecule has 0 spiro atoms. The Bertz CT molecular complexity index is 574. The fraction of sp³-hybridized carbons (Fsp3) is 0.857. The number of rotatable bonds is 5. The van der Waals surface area contributed by atoms with Gasteiger partial charge in [-0.25, -0.2) is 0 Å². The second-order valence-corrected chi connectivity index (χ2v) is 9.18. The third-order valence-electron chi connectivity index (χ3n) is 7.26. The first-order valence-corrected chi connectivity index (χ1v) is 10.7. The highest BCUT2D eigenvalue weighted by Crippen LogP contribution is 2.60. The Balaban J connectivity index is 1.29. The standard InChI is InChI=1S/C21H32N2O4/c1-2-27-19(25)4-3-18(24)22-5-7-23(8-6-22)20(26)21-12-15-9-16(13-21)11-17(10-15)14-21/h15-17H,2-14H2,1H3. The summed E-state index contributed by atoms with van der Waals surface area (Å²) in [5.74, 6) is 2.34. The molecule has 0 unspecified atom stereocenters. The van der Waals surface area contributed by atoms with E-state index in [0.717, 1.165) is 37.0 Å². The fourth-order valence-corrected chi connectivity index (χ4v) is 6.47. The van der Waals surface area contributed by atoms with E-state index in [-0.39, 0.29) is 30.1 Å². The minimum absolute atomic E-state index is 0.00930. The van der Waals surface area contributed by atoms with Gasteiger partial charge in [0.05, 0.1) is 18.4 Å². The average molecular weight is 376 g/mol. The Kier molecular flexibility index (Phi) is 5.17. The van der Waals surface area contributed by atoms with Crippen molar-refractivity contribution >= 4 is 17.8 Å². The highest BCUT2D eigenvalue weighted by Gasteiger charge is 2.55. The first kappa shape index (κ1) is 18.8. The van der Waals surface area contributed by atoms with Gasteiger partial charge in [0.25, 0.3) is 0 Å². The van der Waals surface area contributed by atoms with E-state index in [2.05, 4.69) is 0 Å². The number of nitrogens with zero attached hydrogens (tertiary/aromatic N) is 2. The normalized spacial score (nSPS) is 34.6. The molecule has 0 radical (unpaired) electrons. The molecule has 2 amide bonds. The van der Waals surface area contributed by atoms with E-state index in [1.165, 1.54) is 19.3 Å². The maximum atomic E-state index is 13.4. The van der Waals surface area contributed by atoms with Crippen LogP contribution in [0.25, 0.3) is 0 Å². The molecular formula is C21H32N2O4. The van der Waals surface area contributed by atoms with Crippen LogP contribution in [0, 0.1) is 23.2 Å². The molecule has 4 saturated carbocycles. The van der Waals surface area contributed by atoms with Crippen molar-refractivity contribution in [3.8, 4) is 0 Å². The van der Waals surface area contributed by atoms with E-state index in [1.807, 2.05) is 4.90 Å². The van der Waals surface area contributed by atoms with Crippen molar-refractivity contribution in [1.29, 1.82) is 0 Å². The van der Waals surface area contributed by atoms with E-state index < -0.39 is 0 Å². The summed E-state index contributed by atoms with van der Waals surface area (Å²) >= 11 is 0. The molecule has 5 fully saturated rings. The minimum Gasteiger partial charge on any atom is -0.466 e. The maximum absolute atomic E-state index is 13.4. The second kappa shape index (κ2) is 7.44. The van der Waals surface area contributed by atoms with Crippen molar-refractivity contribution < 1.29 is 19.1 Å². The monoisotopic (exact) mass is 376 g/mol. The number of carbonyl (C=O) groups is 3. The first-order chi connectivity index (χ1) is 13.0. The second-order valence-electron chi connectivity index (χ2n) is 9.18. The van der Waals surface area contributed by atoms with Crippen LogP contribution in [0.3, 0.4) is 0 Å². The molecule has 6 nitrogen and oxygen atoms in total. The number of ether oxygens (including phenoxy) is 1. The van der Waals surface area contributed by atoms with Gasteiger partial charge in [-0.05, 0) is 63.2 Å². The minimum atomic E-state index is -0.318. The van der Waals surface area contributed by atoms with Crippen molar-refractivity contribution in [3.05, 3.63) is 0 Å². The summed E-state index contributed by atoms with van der Waals surface area (Å²) in [6.07, 6.45) is 7.64. The van der Waals surface area contributed by atoms with Gasteiger partial charge in [0.1, 0.15) is 0 Å². The summed E-state index contributed by atoms with van der Waals surface area (Å²) in [6, 6.07) is 0. The molecule has 0 aromatic carbocycles. The van der Waals surface area contributed by atoms with E-state index in [4.69, 9.17) is 4.74 Å². The molecular weight excluding hydrogens is 344 g/mol. The lowest BCUT2D eigenvalue weighted by Gasteiger charge is -2.57. The molecule has 5 aliphatic rings. The van der Waals surface area contributed by atoms with E-state index in [9.17, 15) is 14.4 Å². The number of carbonyl (C=O) groups excluding carboxylic acids is 3. The van der Waals surface area contributed by atoms with Crippen molar-refractivity contribution in [2.24, 2.45) is 23.2 Å². The Labute approximate surface area is 161 Å². The molecule has 150 valence electrons. The van der Waals surface area contributed by atoms with Crippen molar-refractivity contribution in [1.82, 2.24) is 9.80 Å². The predicted molar refractivity (Wildman–Crippen MR) is 99.6 cm³/mol. The largest absolute Gasteiger partial charge is 0.466 e. The van der Waals surface area contributed by atoms with Crippen LogP contribution >= 0.6 is 0 Å². The smallest absolute Gasteiger partial charge is 0.306 e. The molecule has 0 aromatic heterocycles. The van der Waals surface area contributed by atoms with Gasteiger partial charge in [-0.3, -0.25) is 14.4 Å². The topological polar surface area (TPSA) is 66.9 Å². The average Bonchev–Trinajstić information content (AvgIpc) is 2.65. The number of amides is 2. The lowest BCUT2D eigenvalue weighted by molar-refractivity contribution is -0.160. The highest BCUT2D eigenvalue weighted by atomic mass is 16.5. The molecule has 6 heteroatoms.